The Bertz CT molecular complexity index is 815. The van der Waals surface area contributed by atoms with Gasteiger partial charge in [-0.2, -0.15) is 0 Å². The first kappa shape index (κ1) is 12.5. The van der Waals surface area contributed by atoms with Crippen LogP contribution in [0.2, 0.25) is 0 Å². The molecular weight excluding hydrogens is 248 g/mol. The van der Waals surface area contributed by atoms with Crippen molar-refractivity contribution in [2.45, 2.75) is 13.8 Å². The highest BCUT2D eigenvalue weighted by Crippen LogP contribution is 2.26. The Morgan fingerprint density at radius 2 is 1.85 bits per heavy atom. The largest absolute Gasteiger partial charge is 0.399 e. The number of benzene rings is 2. The summed E-state index contributed by atoms with van der Waals surface area (Å²) in [6.07, 6.45) is 0. The molecule has 1 aromatic heterocycles. The maximum absolute atomic E-state index is 12.8. The van der Waals surface area contributed by atoms with Crippen molar-refractivity contribution in [3.63, 3.8) is 0 Å². The lowest BCUT2D eigenvalue weighted by atomic mass is 9.97. The van der Waals surface area contributed by atoms with E-state index in [2.05, 4.69) is 4.98 Å². The van der Waals surface area contributed by atoms with Crippen LogP contribution in [0.3, 0.4) is 0 Å². The second-order valence-electron chi connectivity index (χ2n) is 5.07. The van der Waals surface area contributed by atoms with E-state index >= 15 is 0 Å². The average Bonchev–Trinajstić information content (AvgIpc) is 2.73. The molecule has 0 radical (unpaired) electrons. The van der Waals surface area contributed by atoms with Crippen molar-refractivity contribution < 1.29 is 4.79 Å². The highest BCUT2D eigenvalue weighted by atomic mass is 16.1. The molecule has 100 valence electrons. The molecule has 3 aromatic rings. The SMILES string of the molecule is Cc1cc(N)ccc1C(=O)c1c(C)[nH]c2ccccc12. The zero-order chi connectivity index (χ0) is 14.3. The van der Waals surface area contributed by atoms with E-state index in [1.165, 1.54) is 0 Å². The van der Waals surface area contributed by atoms with E-state index in [9.17, 15) is 4.79 Å². The number of aryl methyl sites for hydroxylation is 2. The minimum atomic E-state index is 0.0393. The van der Waals surface area contributed by atoms with Gasteiger partial charge in [0.25, 0.3) is 0 Å². The van der Waals surface area contributed by atoms with Gasteiger partial charge in [-0.3, -0.25) is 4.79 Å². The number of ketones is 1. The van der Waals surface area contributed by atoms with E-state index in [-0.39, 0.29) is 5.78 Å². The summed E-state index contributed by atoms with van der Waals surface area (Å²) in [5, 5.41) is 0.964. The van der Waals surface area contributed by atoms with Gasteiger partial charge >= 0.3 is 0 Å². The molecule has 0 saturated heterocycles. The number of aromatic amines is 1. The molecule has 1 heterocycles. The number of nitrogen functional groups attached to an aromatic ring is 1. The standard InChI is InChI=1S/C17H16N2O/c1-10-9-12(18)7-8-13(10)17(20)16-11(2)19-15-6-4-3-5-14(15)16/h3-9,19H,18H2,1-2H3. The van der Waals surface area contributed by atoms with Gasteiger partial charge < -0.3 is 10.7 Å². The first-order valence-corrected chi connectivity index (χ1v) is 6.56. The Morgan fingerprint density at radius 3 is 2.60 bits per heavy atom. The topological polar surface area (TPSA) is 58.9 Å². The van der Waals surface area contributed by atoms with Crippen LogP contribution in [-0.2, 0) is 0 Å². The number of carbonyl (C=O) groups excluding carboxylic acids is 1. The fourth-order valence-electron chi connectivity index (χ4n) is 2.65. The highest BCUT2D eigenvalue weighted by Gasteiger charge is 2.18. The summed E-state index contributed by atoms with van der Waals surface area (Å²) >= 11 is 0. The van der Waals surface area contributed by atoms with Gasteiger partial charge in [-0.15, -0.1) is 0 Å². The van der Waals surface area contributed by atoms with Crippen LogP contribution in [0.15, 0.2) is 42.5 Å². The number of hydrogen-bond donors (Lipinski definition) is 2. The van der Waals surface area contributed by atoms with Crippen LogP contribution < -0.4 is 5.73 Å². The zero-order valence-corrected chi connectivity index (χ0v) is 11.5. The summed E-state index contributed by atoms with van der Waals surface area (Å²) in [5.41, 5.74) is 10.7. The third-order valence-corrected chi connectivity index (χ3v) is 3.62. The molecule has 3 heteroatoms. The van der Waals surface area contributed by atoms with Gasteiger partial charge in [0.05, 0.1) is 5.56 Å². The Hall–Kier alpha value is -2.55. The quantitative estimate of drug-likeness (QED) is 0.549. The number of rotatable bonds is 2. The molecule has 0 aliphatic rings. The maximum Gasteiger partial charge on any atom is 0.195 e. The third-order valence-electron chi connectivity index (χ3n) is 3.62. The number of nitrogens with two attached hydrogens (primary N) is 1. The number of H-pyrrole nitrogens is 1. The second-order valence-corrected chi connectivity index (χ2v) is 5.07. The van der Waals surface area contributed by atoms with Gasteiger partial charge in [-0.25, -0.2) is 0 Å². The summed E-state index contributed by atoms with van der Waals surface area (Å²) in [4.78, 5) is 16.1. The molecule has 0 amide bonds. The van der Waals surface area contributed by atoms with Gasteiger partial charge in [0.15, 0.2) is 5.78 Å². The Morgan fingerprint density at radius 1 is 1.10 bits per heavy atom. The van der Waals surface area contributed by atoms with E-state index in [0.717, 1.165) is 27.7 Å². The number of hydrogen-bond acceptors (Lipinski definition) is 2. The molecule has 3 N–H and O–H groups in total. The number of aromatic nitrogens is 1. The first-order chi connectivity index (χ1) is 9.58. The van der Waals surface area contributed by atoms with Gasteiger partial charge in [0, 0.05) is 27.8 Å². The van der Waals surface area contributed by atoms with E-state index < -0.39 is 0 Å². The fraction of sp³-hybridized carbons (Fsp3) is 0.118. The smallest absolute Gasteiger partial charge is 0.195 e. The monoisotopic (exact) mass is 264 g/mol. The highest BCUT2D eigenvalue weighted by molar-refractivity contribution is 6.18. The van der Waals surface area contributed by atoms with Gasteiger partial charge in [-0.1, -0.05) is 18.2 Å². The van der Waals surface area contributed by atoms with Crippen LogP contribution in [0.1, 0.15) is 27.2 Å². The second kappa shape index (κ2) is 4.53. The van der Waals surface area contributed by atoms with Crippen LogP contribution >= 0.6 is 0 Å². The molecule has 20 heavy (non-hydrogen) atoms. The number of para-hydroxylation sites is 1. The average molecular weight is 264 g/mol. The van der Waals surface area contributed by atoms with E-state index in [0.29, 0.717) is 11.3 Å². The molecule has 0 spiro atoms. The molecule has 2 aromatic carbocycles. The third kappa shape index (κ3) is 1.88. The van der Waals surface area contributed by atoms with Crippen LogP contribution in [-0.4, -0.2) is 10.8 Å². The molecule has 0 saturated carbocycles. The summed E-state index contributed by atoms with van der Waals surface area (Å²) < 4.78 is 0. The van der Waals surface area contributed by atoms with Gasteiger partial charge in [0.1, 0.15) is 0 Å². The van der Waals surface area contributed by atoms with E-state index in [1.54, 1.807) is 12.1 Å². The van der Waals surface area contributed by atoms with Crippen molar-refractivity contribution in [3.8, 4) is 0 Å². The van der Waals surface area contributed by atoms with Crippen LogP contribution in [0.4, 0.5) is 5.69 Å². The molecule has 0 aliphatic carbocycles. The lowest BCUT2D eigenvalue weighted by Crippen LogP contribution is -2.05. The lowest BCUT2D eigenvalue weighted by Gasteiger charge is -2.06. The molecule has 0 bridgehead atoms. The molecule has 3 rings (SSSR count). The van der Waals surface area contributed by atoms with Gasteiger partial charge in [0.2, 0.25) is 0 Å². The molecule has 0 unspecified atom stereocenters. The normalized spacial score (nSPS) is 10.9. The van der Waals surface area contributed by atoms with Crippen molar-refractivity contribution in [2.75, 3.05) is 5.73 Å². The molecule has 0 atom stereocenters. The molecular formula is C17H16N2O. The van der Waals surface area contributed by atoms with E-state index in [4.69, 9.17) is 5.73 Å². The lowest BCUT2D eigenvalue weighted by molar-refractivity contribution is 0.103. The van der Waals surface area contributed by atoms with Gasteiger partial charge in [-0.05, 0) is 43.7 Å². The predicted molar refractivity (Wildman–Crippen MR) is 82.1 cm³/mol. The summed E-state index contributed by atoms with van der Waals surface area (Å²) in [6, 6.07) is 13.3. The van der Waals surface area contributed by atoms with Crippen LogP contribution in [0, 0.1) is 13.8 Å². The predicted octanol–water partition coefficient (Wildman–Crippen LogP) is 3.60. The van der Waals surface area contributed by atoms with Crippen molar-refractivity contribution in [1.29, 1.82) is 0 Å². The maximum atomic E-state index is 12.8. The first-order valence-electron chi connectivity index (χ1n) is 6.56. The number of carbonyl (C=O) groups is 1. The zero-order valence-electron chi connectivity index (χ0n) is 11.5. The number of fused-ring (bicyclic) bond motifs is 1. The summed E-state index contributed by atoms with van der Waals surface area (Å²) in [5.74, 6) is 0.0393. The van der Waals surface area contributed by atoms with Crippen LogP contribution in [0.5, 0.6) is 0 Å². The number of nitrogens with one attached hydrogen (secondary N) is 1. The number of anilines is 1. The van der Waals surface area contributed by atoms with Crippen molar-refractivity contribution in [1.82, 2.24) is 4.98 Å². The summed E-state index contributed by atoms with van der Waals surface area (Å²) in [7, 11) is 0. The van der Waals surface area contributed by atoms with Crippen molar-refractivity contribution in [2.24, 2.45) is 0 Å². The Kier molecular flexibility index (Phi) is 2.83. The Balaban J connectivity index is 2.20. The van der Waals surface area contributed by atoms with Crippen LogP contribution in [0.25, 0.3) is 10.9 Å². The summed E-state index contributed by atoms with van der Waals surface area (Å²) in [6.45, 7) is 3.84. The van der Waals surface area contributed by atoms with Crippen molar-refractivity contribution >= 4 is 22.4 Å². The van der Waals surface area contributed by atoms with Crippen molar-refractivity contribution in [3.05, 3.63) is 64.8 Å². The molecule has 3 nitrogen and oxygen atoms in total. The minimum Gasteiger partial charge on any atom is -0.399 e. The minimum absolute atomic E-state index is 0.0393. The molecule has 0 aliphatic heterocycles. The van der Waals surface area contributed by atoms with E-state index in [1.807, 2.05) is 44.2 Å². The fourth-order valence-corrected chi connectivity index (χ4v) is 2.65. The molecule has 0 fully saturated rings. The Labute approximate surface area is 117 Å².